The number of aryl methyl sites for hydroxylation is 1. The zero-order valence-corrected chi connectivity index (χ0v) is 8.98. The van der Waals surface area contributed by atoms with Gasteiger partial charge in [0.15, 0.2) is 0 Å². The van der Waals surface area contributed by atoms with E-state index >= 15 is 0 Å². The second kappa shape index (κ2) is 3.97. The molecule has 1 N–H and O–H groups in total. The Morgan fingerprint density at radius 1 is 1.38 bits per heavy atom. The molecule has 2 heteroatoms. The lowest BCUT2D eigenvalue weighted by molar-refractivity contribution is 0.353. The highest BCUT2D eigenvalue weighted by Gasteiger charge is 2.23. The van der Waals surface area contributed by atoms with Crippen LogP contribution in [-0.4, -0.2) is 13.6 Å². The molecule has 13 heavy (non-hydrogen) atoms. The van der Waals surface area contributed by atoms with Gasteiger partial charge in [0.05, 0.1) is 0 Å². The van der Waals surface area contributed by atoms with Crippen LogP contribution in [0.1, 0.15) is 31.8 Å². The highest BCUT2D eigenvalue weighted by molar-refractivity contribution is 5.14. The van der Waals surface area contributed by atoms with Crippen LogP contribution in [0.3, 0.4) is 0 Å². The fourth-order valence-corrected chi connectivity index (χ4v) is 1.36. The minimum atomic E-state index is 0.136. The van der Waals surface area contributed by atoms with Crippen molar-refractivity contribution in [2.75, 3.05) is 13.6 Å². The van der Waals surface area contributed by atoms with Gasteiger partial charge in [-0.2, -0.15) is 0 Å². The summed E-state index contributed by atoms with van der Waals surface area (Å²) in [6.07, 6.45) is 1.09. The van der Waals surface area contributed by atoms with Gasteiger partial charge in [0.2, 0.25) is 0 Å². The van der Waals surface area contributed by atoms with Crippen molar-refractivity contribution in [3.63, 3.8) is 0 Å². The highest BCUT2D eigenvalue weighted by Crippen LogP contribution is 2.27. The Balaban J connectivity index is 2.68. The van der Waals surface area contributed by atoms with E-state index in [0.717, 1.165) is 24.5 Å². The first-order valence-electron chi connectivity index (χ1n) is 4.78. The van der Waals surface area contributed by atoms with Crippen LogP contribution >= 0.6 is 0 Å². The van der Waals surface area contributed by atoms with E-state index in [1.54, 1.807) is 0 Å². The Morgan fingerprint density at radius 3 is 2.54 bits per heavy atom. The summed E-state index contributed by atoms with van der Waals surface area (Å²) < 4.78 is 5.62. The molecule has 0 spiro atoms. The van der Waals surface area contributed by atoms with Crippen molar-refractivity contribution in [2.45, 2.75) is 32.6 Å². The summed E-state index contributed by atoms with van der Waals surface area (Å²) in [7, 11) is 1.98. The van der Waals surface area contributed by atoms with Gasteiger partial charge in [0.1, 0.15) is 11.5 Å². The van der Waals surface area contributed by atoms with Gasteiger partial charge < -0.3 is 9.73 Å². The predicted molar refractivity (Wildman–Crippen MR) is 55.0 cm³/mol. The normalized spacial score (nSPS) is 12.0. The molecule has 1 heterocycles. The average molecular weight is 181 g/mol. The summed E-state index contributed by atoms with van der Waals surface area (Å²) in [5.74, 6) is 2.08. The smallest absolute Gasteiger partial charge is 0.109 e. The number of rotatable bonds is 4. The minimum absolute atomic E-state index is 0.136. The van der Waals surface area contributed by atoms with Crippen LogP contribution in [0, 0.1) is 6.92 Å². The number of nitrogens with one attached hydrogen (secondary N) is 1. The summed E-state index contributed by atoms with van der Waals surface area (Å²) >= 11 is 0. The van der Waals surface area contributed by atoms with Gasteiger partial charge in [-0.3, -0.25) is 0 Å². The molecule has 0 amide bonds. The number of hydrogen-bond donors (Lipinski definition) is 1. The molecule has 0 bridgehead atoms. The van der Waals surface area contributed by atoms with Crippen molar-refractivity contribution in [3.8, 4) is 0 Å². The summed E-state index contributed by atoms with van der Waals surface area (Å²) in [6.45, 7) is 7.43. The Labute approximate surface area is 80.3 Å². The topological polar surface area (TPSA) is 25.2 Å². The summed E-state index contributed by atoms with van der Waals surface area (Å²) in [5.41, 5.74) is 0.136. The first-order valence-corrected chi connectivity index (χ1v) is 4.78. The maximum atomic E-state index is 5.62. The summed E-state index contributed by atoms with van der Waals surface area (Å²) in [4.78, 5) is 0. The van der Waals surface area contributed by atoms with Gasteiger partial charge in [-0.25, -0.2) is 0 Å². The Hall–Kier alpha value is -0.760. The van der Waals surface area contributed by atoms with E-state index in [1.807, 2.05) is 20.0 Å². The molecular weight excluding hydrogens is 162 g/mol. The van der Waals surface area contributed by atoms with Gasteiger partial charge in [-0.1, -0.05) is 13.8 Å². The average Bonchev–Trinajstić information content (AvgIpc) is 2.49. The quantitative estimate of drug-likeness (QED) is 0.772. The second-order valence-electron chi connectivity index (χ2n) is 4.15. The molecule has 1 rings (SSSR count). The molecule has 0 aromatic carbocycles. The zero-order chi connectivity index (χ0) is 9.90. The van der Waals surface area contributed by atoms with Crippen LogP contribution < -0.4 is 5.32 Å². The van der Waals surface area contributed by atoms with E-state index in [-0.39, 0.29) is 5.41 Å². The van der Waals surface area contributed by atoms with Gasteiger partial charge in [0.25, 0.3) is 0 Å². The number of furan rings is 1. The molecule has 1 aromatic rings. The molecule has 1 aromatic heterocycles. The maximum absolute atomic E-state index is 5.62. The Morgan fingerprint density at radius 2 is 2.08 bits per heavy atom. The predicted octanol–water partition coefficient (Wildman–Crippen LogP) is 2.48. The van der Waals surface area contributed by atoms with Crippen molar-refractivity contribution < 1.29 is 4.42 Å². The largest absolute Gasteiger partial charge is 0.466 e. The standard InChI is InChI=1S/C11H19NO/c1-9-5-6-10(13-9)11(2,3)7-8-12-4/h5-6,12H,7-8H2,1-4H3. The van der Waals surface area contributed by atoms with E-state index in [1.165, 1.54) is 0 Å². The van der Waals surface area contributed by atoms with Crippen molar-refractivity contribution in [1.29, 1.82) is 0 Å². The van der Waals surface area contributed by atoms with E-state index in [9.17, 15) is 0 Å². The van der Waals surface area contributed by atoms with Crippen molar-refractivity contribution in [3.05, 3.63) is 23.7 Å². The van der Waals surface area contributed by atoms with E-state index in [4.69, 9.17) is 4.42 Å². The second-order valence-corrected chi connectivity index (χ2v) is 4.15. The summed E-state index contributed by atoms with van der Waals surface area (Å²) in [5, 5.41) is 3.16. The molecule has 0 saturated heterocycles. The Kier molecular flexibility index (Phi) is 3.15. The fraction of sp³-hybridized carbons (Fsp3) is 0.636. The van der Waals surface area contributed by atoms with Gasteiger partial charge in [-0.15, -0.1) is 0 Å². The van der Waals surface area contributed by atoms with Crippen molar-refractivity contribution >= 4 is 0 Å². The molecule has 0 fully saturated rings. The molecule has 0 aliphatic rings. The van der Waals surface area contributed by atoms with E-state index < -0.39 is 0 Å². The Bertz CT molecular complexity index is 263. The first kappa shape index (κ1) is 10.3. The van der Waals surface area contributed by atoms with Gasteiger partial charge >= 0.3 is 0 Å². The van der Waals surface area contributed by atoms with Gasteiger partial charge in [0, 0.05) is 5.41 Å². The molecule has 0 aliphatic heterocycles. The monoisotopic (exact) mass is 181 g/mol. The lowest BCUT2D eigenvalue weighted by Crippen LogP contribution is -2.22. The SMILES string of the molecule is CNCCC(C)(C)c1ccc(C)o1. The van der Waals surface area contributed by atoms with Crippen LogP contribution in [0.25, 0.3) is 0 Å². The maximum Gasteiger partial charge on any atom is 0.109 e. The highest BCUT2D eigenvalue weighted by atomic mass is 16.3. The van der Waals surface area contributed by atoms with Crippen LogP contribution in [0.15, 0.2) is 16.5 Å². The minimum Gasteiger partial charge on any atom is -0.466 e. The molecule has 0 atom stereocenters. The zero-order valence-electron chi connectivity index (χ0n) is 8.98. The van der Waals surface area contributed by atoms with Crippen LogP contribution in [0.5, 0.6) is 0 Å². The van der Waals surface area contributed by atoms with Crippen LogP contribution in [0.2, 0.25) is 0 Å². The third kappa shape index (κ3) is 2.59. The lowest BCUT2D eigenvalue weighted by atomic mass is 9.86. The van der Waals surface area contributed by atoms with Crippen molar-refractivity contribution in [1.82, 2.24) is 5.32 Å². The van der Waals surface area contributed by atoms with Crippen LogP contribution in [0.4, 0.5) is 0 Å². The molecule has 0 saturated carbocycles. The summed E-state index contributed by atoms with van der Waals surface area (Å²) in [6, 6.07) is 4.10. The third-order valence-corrected chi connectivity index (χ3v) is 2.41. The fourth-order valence-electron chi connectivity index (χ4n) is 1.36. The molecular formula is C11H19NO. The van der Waals surface area contributed by atoms with Crippen molar-refractivity contribution in [2.24, 2.45) is 0 Å². The first-order chi connectivity index (χ1) is 6.06. The lowest BCUT2D eigenvalue weighted by Gasteiger charge is -2.21. The molecule has 0 unspecified atom stereocenters. The molecule has 0 radical (unpaired) electrons. The van der Waals surface area contributed by atoms with Crippen LogP contribution in [-0.2, 0) is 5.41 Å². The van der Waals surface area contributed by atoms with Gasteiger partial charge in [-0.05, 0) is 39.1 Å². The van der Waals surface area contributed by atoms with E-state index in [2.05, 4.69) is 25.2 Å². The molecule has 2 nitrogen and oxygen atoms in total. The molecule has 0 aliphatic carbocycles. The third-order valence-electron chi connectivity index (χ3n) is 2.41. The molecule has 74 valence electrons. The van der Waals surface area contributed by atoms with E-state index in [0.29, 0.717) is 0 Å². The number of hydrogen-bond acceptors (Lipinski definition) is 2.